The molecule has 0 aliphatic carbocycles. The van der Waals surface area contributed by atoms with E-state index in [2.05, 4.69) is 0 Å². The molecule has 2 heterocycles. The number of nitro groups is 1. The van der Waals surface area contributed by atoms with Crippen molar-refractivity contribution in [3.8, 4) is 0 Å². The molecule has 2 unspecified atom stereocenters. The summed E-state index contributed by atoms with van der Waals surface area (Å²) in [5, 5.41) is 11.0. The fourth-order valence-electron chi connectivity index (χ4n) is 2.61. The van der Waals surface area contributed by atoms with Crippen molar-refractivity contribution in [2.45, 2.75) is 25.6 Å². The van der Waals surface area contributed by atoms with Crippen molar-refractivity contribution in [3.05, 3.63) is 51.1 Å². The maximum atomic E-state index is 11.0. The summed E-state index contributed by atoms with van der Waals surface area (Å²) >= 11 is 0. The van der Waals surface area contributed by atoms with Crippen LogP contribution < -0.4 is 0 Å². The predicted octanol–water partition coefficient (Wildman–Crippen LogP) is 2.84. The first-order chi connectivity index (χ1) is 7.54. The summed E-state index contributed by atoms with van der Waals surface area (Å²) in [6.07, 6.45) is 1.72. The number of nitro benzene ring substituents is 1. The van der Waals surface area contributed by atoms with Crippen LogP contribution in [0.25, 0.3) is 0 Å². The first-order valence-corrected chi connectivity index (χ1v) is 5.18. The van der Waals surface area contributed by atoms with Crippen molar-refractivity contribution in [1.82, 2.24) is 0 Å². The van der Waals surface area contributed by atoms with Gasteiger partial charge in [-0.05, 0) is 25.5 Å². The molecule has 0 spiro atoms. The maximum absolute atomic E-state index is 11.0. The van der Waals surface area contributed by atoms with Crippen molar-refractivity contribution in [1.29, 1.82) is 0 Å². The first-order valence-electron chi connectivity index (χ1n) is 5.18. The van der Waals surface area contributed by atoms with Crippen LogP contribution in [-0.4, -0.2) is 4.92 Å². The fraction of sp³-hybridized carbons (Fsp3) is 0.333. The summed E-state index contributed by atoms with van der Waals surface area (Å²) < 4.78 is 5.84. The van der Waals surface area contributed by atoms with Gasteiger partial charge in [-0.3, -0.25) is 10.1 Å². The average Bonchev–Trinajstić information content (AvgIpc) is 2.69. The third kappa shape index (κ3) is 0.925. The zero-order chi connectivity index (χ0) is 11.5. The Kier molecular flexibility index (Phi) is 1.61. The Bertz CT molecular complexity index is 535. The molecule has 0 fully saturated rings. The third-order valence-electron chi connectivity index (χ3n) is 3.59. The molecule has 0 amide bonds. The minimum atomic E-state index is -0.466. The number of hydrogen-bond donors (Lipinski definition) is 0. The summed E-state index contributed by atoms with van der Waals surface area (Å²) in [7, 11) is 0. The van der Waals surface area contributed by atoms with E-state index >= 15 is 0 Å². The van der Waals surface area contributed by atoms with E-state index in [-0.39, 0.29) is 16.7 Å². The highest BCUT2D eigenvalue weighted by molar-refractivity contribution is 5.58. The van der Waals surface area contributed by atoms with E-state index in [0.29, 0.717) is 0 Å². The summed E-state index contributed by atoms with van der Waals surface area (Å²) in [5.41, 5.74) is 2.49. The molecule has 82 valence electrons. The molecule has 4 heteroatoms. The lowest BCUT2D eigenvalue weighted by Crippen LogP contribution is -2.19. The Balaban J connectivity index is 2.29. The van der Waals surface area contributed by atoms with Crippen LogP contribution in [0.15, 0.2) is 29.8 Å². The smallest absolute Gasteiger partial charge is 0.275 e. The Labute approximate surface area is 92.7 Å². The second kappa shape index (κ2) is 2.71. The SMILES string of the molecule is CC1=CC2OC1(C)c1cccc([N+](=O)[O-])c12. The maximum Gasteiger partial charge on any atom is 0.275 e. The quantitative estimate of drug-likeness (QED) is 0.413. The molecule has 0 radical (unpaired) electrons. The summed E-state index contributed by atoms with van der Waals surface area (Å²) in [4.78, 5) is 10.6. The van der Waals surface area contributed by atoms with E-state index in [0.717, 1.165) is 16.7 Å². The van der Waals surface area contributed by atoms with Gasteiger partial charge in [0.2, 0.25) is 0 Å². The van der Waals surface area contributed by atoms with Crippen molar-refractivity contribution >= 4 is 5.69 Å². The van der Waals surface area contributed by atoms with Crippen LogP contribution in [0.3, 0.4) is 0 Å². The minimum Gasteiger partial charge on any atom is -0.354 e. The van der Waals surface area contributed by atoms with Crippen molar-refractivity contribution in [2.24, 2.45) is 0 Å². The molecule has 0 aromatic heterocycles. The lowest BCUT2D eigenvalue weighted by atomic mass is 9.82. The number of benzene rings is 1. The monoisotopic (exact) mass is 217 g/mol. The van der Waals surface area contributed by atoms with Gasteiger partial charge in [-0.15, -0.1) is 0 Å². The lowest BCUT2D eigenvalue weighted by Gasteiger charge is -2.22. The minimum absolute atomic E-state index is 0.162. The highest BCUT2D eigenvalue weighted by Crippen LogP contribution is 2.55. The molecule has 2 aliphatic heterocycles. The van der Waals surface area contributed by atoms with Crippen LogP contribution in [0.4, 0.5) is 5.69 Å². The van der Waals surface area contributed by atoms with E-state index in [9.17, 15) is 10.1 Å². The van der Waals surface area contributed by atoms with Gasteiger partial charge in [0.1, 0.15) is 11.7 Å². The second-order valence-electron chi connectivity index (χ2n) is 4.42. The van der Waals surface area contributed by atoms with Crippen LogP contribution in [0.5, 0.6) is 0 Å². The molecule has 1 aromatic carbocycles. The van der Waals surface area contributed by atoms with Crippen molar-refractivity contribution in [3.63, 3.8) is 0 Å². The van der Waals surface area contributed by atoms with Crippen molar-refractivity contribution in [2.75, 3.05) is 0 Å². The van der Waals surface area contributed by atoms with Gasteiger partial charge in [-0.2, -0.15) is 0 Å². The van der Waals surface area contributed by atoms with Crippen molar-refractivity contribution < 1.29 is 9.66 Å². The molecule has 2 aliphatic rings. The van der Waals surface area contributed by atoms with E-state index in [1.165, 1.54) is 6.07 Å². The first kappa shape index (κ1) is 9.54. The highest BCUT2D eigenvalue weighted by atomic mass is 16.6. The van der Waals surface area contributed by atoms with Crippen LogP contribution in [-0.2, 0) is 10.3 Å². The largest absolute Gasteiger partial charge is 0.354 e. The van der Waals surface area contributed by atoms with E-state index in [1.54, 1.807) is 6.07 Å². The van der Waals surface area contributed by atoms with Crippen LogP contribution in [0.2, 0.25) is 0 Å². The van der Waals surface area contributed by atoms with Gasteiger partial charge in [0.15, 0.2) is 0 Å². The number of hydrogen-bond acceptors (Lipinski definition) is 3. The van der Waals surface area contributed by atoms with E-state index in [1.807, 2.05) is 26.0 Å². The number of rotatable bonds is 1. The van der Waals surface area contributed by atoms with Gasteiger partial charge in [0, 0.05) is 11.6 Å². The number of ether oxygens (including phenoxy) is 1. The Morgan fingerprint density at radius 1 is 1.50 bits per heavy atom. The van der Waals surface area contributed by atoms with E-state index in [4.69, 9.17) is 4.74 Å². The van der Waals surface area contributed by atoms with Gasteiger partial charge < -0.3 is 4.74 Å². The molecule has 0 N–H and O–H groups in total. The molecule has 2 bridgehead atoms. The molecule has 0 saturated carbocycles. The number of fused-ring (bicyclic) bond motifs is 5. The molecule has 1 aromatic rings. The zero-order valence-corrected chi connectivity index (χ0v) is 9.06. The highest BCUT2D eigenvalue weighted by Gasteiger charge is 2.49. The van der Waals surface area contributed by atoms with Crippen LogP contribution >= 0.6 is 0 Å². The predicted molar refractivity (Wildman–Crippen MR) is 58.0 cm³/mol. The molecule has 2 atom stereocenters. The summed E-state index contributed by atoms with van der Waals surface area (Å²) in [6, 6.07) is 5.17. The standard InChI is InChI=1S/C12H11NO3/c1-7-6-10-11-8(12(7,2)16-10)4-3-5-9(11)13(14)15/h3-6,10H,1-2H3. The second-order valence-corrected chi connectivity index (χ2v) is 4.42. The van der Waals surface area contributed by atoms with E-state index < -0.39 is 5.60 Å². The molecular formula is C12H11NO3. The molecular weight excluding hydrogens is 206 g/mol. The summed E-state index contributed by atoms with van der Waals surface area (Å²) in [6.45, 7) is 3.97. The Hall–Kier alpha value is -1.68. The molecule has 4 nitrogen and oxygen atoms in total. The fourth-order valence-corrected chi connectivity index (χ4v) is 2.61. The summed E-state index contributed by atoms with van der Waals surface area (Å²) in [5.74, 6) is 0. The topological polar surface area (TPSA) is 52.4 Å². The van der Waals surface area contributed by atoms with Gasteiger partial charge >= 0.3 is 0 Å². The van der Waals surface area contributed by atoms with Crippen LogP contribution in [0, 0.1) is 10.1 Å². The average molecular weight is 217 g/mol. The Morgan fingerprint density at radius 3 is 2.94 bits per heavy atom. The van der Waals surface area contributed by atoms with Crippen LogP contribution in [0.1, 0.15) is 31.1 Å². The van der Waals surface area contributed by atoms with Gasteiger partial charge in [0.05, 0.1) is 10.5 Å². The normalized spacial score (nSPS) is 30.1. The van der Waals surface area contributed by atoms with Gasteiger partial charge in [-0.1, -0.05) is 12.1 Å². The molecule has 3 rings (SSSR count). The molecule has 0 saturated heterocycles. The Morgan fingerprint density at radius 2 is 2.25 bits per heavy atom. The lowest BCUT2D eigenvalue weighted by molar-refractivity contribution is -0.385. The van der Waals surface area contributed by atoms with Gasteiger partial charge in [-0.25, -0.2) is 0 Å². The molecule has 16 heavy (non-hydrogen) atoms. The number of nitrogens with zero attached hydrogens (tertiary/aromatic N) is 1. The zero-order valence-electron chi connectivity index (χ0n) is 9.06. The third-order valence-corrected chi connectivity index (χ3v) is 3.59. The van der Waals surface area contributed by atoms with Gasteiger partial charge in [0.25, 0.3) is 5.69 Å².